The molecule has 1 aromatic heterocycles. The molecular weight excluding hydrogens is 418 g/mol. The van der Waals surface area contributed by atoms with Crippen molar-refractivity contribution < 1.29 is 19.0 Å². The Hall–Kier alpha value is -4.07. The topological polar surface area (TPSA) is 68.3 Å². The molecule has 0 unspecified atom stereocenters. The Balaban J connectivity index is 1.86. The van der Waals surface area contributed by atoms with E-state index in [9.17, 15) is 0 Å². The second kappa shape index (κ2) is 9.20. The fourth-order valence-corrected chi connectivity index (χ4v) is 3.78. The van der Waals surface area contributed by atoms with E-state index in [0.29, 0.717) is 23.8 Å². The summed E-state index contributed by atoms with van der Waals surface area (Å²) in [5, 5.41) is 5.33. The zero-order valence-electron chi connectivity index (χ0n) is 19.1. The van der Waals surface area contributed by atoms with Crippen molar-refractivity contribution in [1.82, 2.24) is 9.88 Å². The van der Waals surface area contributed by atoms with Crippen LogP contribution >= 0.6 is 0 Å². The van der Waals surface area contributed by atoms with E-state index in [1.54, 1.807) is 14.2 Å². The molecule has 0 amide bonds. The third kappa shape index (κ3) is 4.07. The average Bonchev–Trinajstić information content (AvgIpc) is 3.33. The first-order valence-corrected chi connectivity index (χ1v) is 10.4. The molecule has 3 aromatic rings. The van der Waals surface area contributed by atoms with E-state index in [1.165, 1.54) is 0 Å². The van der Waals surface area contributed by atoms with Gasteiger partial charge in [0.25, 0.3) is 0 Å². The zero-order chi connectivity index (χ0) is 23.5. The van der Waals surface area contributed by atoms with Crippen LogP contribution in [0, 0.1) is 24.7 Å². The summed E-state index contributed by atoms with van der Waals surface area (Å²) in [6, 6.07) is 9.71. The summed E-state index contributed by atoms with van der Waals surface area (Å²) < 4.78 is 17.0. The first-order valence-electron chi connectivity index (χ1n) is 10.4. The van der Waals surface area contributed by atoms with Gasteiger partial charge in [0.2, 0.25) is 6.10 Å². The minimum absolute atomic E-state index is 0.579. The molecule has 4 rings (SSSR count). The number of nitrogens with zero attached hydrogens (tertiary/aromatic N) is 2. The summed E-state index contributed by atoms with van der Waals surface area (Å²) in [6.45, 7) is 1.39. The van der Waals surface area contributed by atoms with Crippen LogP contribution in [0.3, 0.4) is 0 Å². The lowest BCUT2D eigenvalue weighted by molar-refractivity contribution is 0.137. The molecule has 0 spiro atoms. The van der Waals surface area contributed by atoms with E-state index in [1.807, 2.05) is 44.4 Å². The highest BCUT2D eigenvalue weighted by molar-refractivity contribution is 6.30. The van der Waals surface area contributed by atoms with Gasteiger partial charge in [0, 0.05) is 34.1 Å². The molecule has 0 radical (unpaired) electrons. The SMILES string of the molecule is C#CC(C#C)ON=C1c2cc(OC)c(OC)cc2-c2[nH]c3ccc(OCCN(C)C)cc3c21. The number of nitrogens with one attached hydrogen (secondary N) is 1. The lowest BCUT2D eigenvalue weighted by Crippen LogP contribution is -2.19. The Kier molecular flexibility index (Phi) is 6.17. The number of hydrogen-bond donors (Lipinski definition) is 1. The van der Waals surface area contributed by atoms with Gasteiger partial charge in [-0.1, -0.05) is 5.16 Å². The number of likely N-dealkylation sites (N-methyl/N-ethyl adjacent to an activating group) is 1. The third-order valence-electron chi connectivity index (χ3n) is 5.41. The molecule has 0 fully saturated rings. The summed E-state index contributed by atoms with van der Waals surface area (Å²) in [7, 11) is 7.21. The summed E-state index contributed by atoms with van der Waals surface area (Å²) in [6.07, 6.45) is 10.0. The molecule has 2 aromatic carbocycles. The van der Waals surface area contributed by atoms with Crippen LogP contribution in [0.1, 0.15) is 11.1 Å². The standard InChI is InChI=1S/C26H25N3O4/c1-7-16(8-2)33-28-26-19-15-23(31-6)22(30-5)14-18(19)25-24(26)20-13-17(9-10-21(20)27-25)32-12-11-29(3)4/h1-2,9-10,13-16,27H,11-12H2,3-6H3. The second-order valence-corrected chi connectivity index (χ2v) is 7.75. The van der Waals surface area contributed by atoms with Gasteiger partial charge in [0.15, 0.2) is 11.5 Å². The molecule has 1 aliphatic carbocycles. The minimum Gasteiger partial charge on any atom is -0.493 e. The van der Waals surface area contributed by atoms with Crippen molar-refractivity contribution in [2.24, 2.45) is 5.16 Å². The van der Waals surface area contributed by atoms with Crippen molar-refractivity contribution in [3.05, 3.63) is 41.5 Å². The van der Waals surface area contributed by atoms with Crippen LogP contribution in [-0.4, -0.2) is 63.2 Å². The Morgan fingerprint density at radius 3 is 2.36 bits per heavy atom. The summed E-state index contributed by atoms with van der Waals surface area (Å²) in [5.41, 5.74) is 5.05. The van der Waals surface area contributed by atoms with Gasteiger partial charge >= 0.3 is 0 Å². The Labute approximate surface area is 193 Å². The number of H-pyrrole nitrogens is 1. The lowest BCUT2D eigenvalue weighted by Gasteiger charge is -2.12. The molecule has 0 aliphatic heterocycles. The summed E-state index contributed by atoms with van der Waals surface area (Å²) in [4.78, 5) is 11.1. The number of oxime groups is 1. The molecular formula is C26H25N3O4. The molecule has 0 atom stereocenters. The molecule has 0 bridgehead atoms. The van der Waals surface area contributed by atoms with E-state index in [2.05, 4.69) is 26.9 Å². The fourth-order valence-electron chi connectivity index (χ4n) is 3.78. The van der Waals surface area contributed by atoms with Crippen molar-refractivity contribution in [2.45, 2.75) is 6.10 Å². The van der Waals surface area contributed by atoms with Crippen LogP contribution in [0.4, 0.5) is 0 Å². The van der Waals surface area contributed by atoms with E-state index in [0.717, 1.165) is 45.6 Å². The maximum atomic E-state index is 5.95. The van der Waals surface area contributed by atoms with E-state index >= 15 is 0 Å². The summed E-state index contributed by atoms with van der Waals surface area (Å²) >= 11 is 0. The number of methoxy groups -OCH3 is 2. The largest absolute Gasteiger partial charge is 0.493 e. The fraction of sp³-hybridized carbons (Fsp3) is 0.269. The molecule has 7 heteroatoms. The molecule has 1 heterocycles. The number of hydrogen-bond acceptors (Lipinski definition) is 6. The van der Waals surface area contributed by atoms with Crippen LogP contribution in [0.2, 0.25) is 0 Å². The van der Waals surface area contributed by atoms with Crippen molar-refractivity contribution in [3.63, 3.8) is 0 Å². The number of terminal acetylenes is 2. The van der Waals surface area contributed by atoms with Crippen LogP contribution in [0.5, 0.6) is 17.2 Å². The molecule has 33 heavy (non-hydrogen) atoms. The van der Waals surface area contributed by atoms with Crippen molar-refractivity contribution in [3.8, 4) is 53.2 Å². The number of rotatable bonds is 8. The maximum Gasteiger partial charge on any atom is 0.247 e. The Bertz CT molecular complexity index is 1290. The van der Waals surface area contributed by atoms with E-state index in [-0.39, 0.29) is 0 Å². The molecule has 0 saturated heterocycles. The molecule has 1 N–H and O–H groups in total. The van der Waals surface area contributed by atoms with Crippen LogP contribution in [-0.2, 0) is 4.84 Å². The normalized spacial score (nSPS) is 13.0. The lowest BCUT2D eigenvalue weighted by atomic mass is 10.1. The highest BCUT2D eigenvalue weighted by Crippen LogP contribution is 2.46. The Morgan fingerprint density at radius 1 is 1.03 bits per heavy atom. The van der Waals surface area contributed by atoms with Gasteiger partial charge < -0.3 is 28.9 Å². The third-order valence-corrected chi connectivity index (χ3v) is 5.41. The van der Waals surface area contributed by atoms with Gasteiger partial charge in [-0.3, -0.25) is 0 Å². The smallest absolute Gasteiger partial charge is 0.247 e. The first-order chi connectivity index (χ1) is 16.0. The van der Waals surface area contributed by atoms with Gasteiger partial charge in [-0.25, -0.2) is 0 Å². The quantitative estimate of drug-likeness (QED) is 0.333. The number of aromatic amines is 1. The highest BCUT2D eigenvalue weighted by atomic mass is 16.6. The number of fused-ring (bicyclic) bond motifs is 5. The van der Waals surface area contributed by atoms with Crippen LogP contribution in [0.25, 0.3) is 22.2 Å². The van der Waals surface area contributed by atoms with E-state index < -0.39 is 6.10 Å². The van der Waals surface area contributed by atoms with E-state index in [4.69, 9.17) is 31.9 Å². The van der Waals surface area contributed by atoms with Gasteiger partial charge in [-0.05, 0) is 56.3 Å². The average molecular weight is 444 g/mol. The summed E-state index contributed by atoms with van der Waals surface area (Å²) in [5.74, 6) is 6.75. The van der Waals surface area contributed by atoms with Gasteiger partial charge in [-0.15, -0.1) is 12.8 Å². The predicted molar refractivity (Wildman–Crippen MR) is 129 cm³/mol. The molecule has 0 saturated carbocycles. The van der Waals surface area contributed by atoms with Gasteiger partial charge in [0.05, 0.1) is 19.9 Å². The highest BCUT2D eigenvalue weighted by Gasteiger charge is 2.32. The number of benzene rings is 2. The maximum absolute atomic E-state index is 5.95. The number of ether oxygens (including phenoxy) is 3. The Morgan fingerprint density at radius 2 is 1.73 bits per heavy atom. The monoisotopic (exact) mass is 443 g/mol. The molecule has 7 nitrogen and oxygen atoms in total. The first kappa shape index (κ1) is 22.1. The van der Waals surface area contributed by atoms with Crippen LogP contribution < -0.4 is 14.2 Å². The minimum atomic E-state index is -0.875. The zero-order valence-corrected chi connectivity index (χ0v) is 19.1. The van der Waals surface area contributed by atoms with Gasteiger partial charge in [-0.2, -0.15) is 0 Å². The van der Waals surface area contributed by atoms with Crippen molar-refractivity contribution in [1.29, 1.82) is 0 Å². The van der Waals surface area contributed by atoms with Crippen molar-refractivity contribution in [2.75, 3.05) is 41.5 Å². The predicted octanol–water partition coefficient (Wildman–Crippen LogP) is 3.51. The van der Waals surface area contributed by atoms with Crippen LogP contribution in [0.15, 0.2) is 35.5 Å². The second-order valence-electron chi connectivity index (χ2n) is 7.75. The van der Waals surface area contributed by atoms with Crippen molar-refractivity contribution >= 4 is 16.6 Å². The molecule has 168 valence electrons. The van der Waals surface area contributed by atoms with Gasteiger partial charge in [0.1, 0.15) is 18.1 Å². The number of aromatic nitrogens is 1. The molecule has 1 aliphatic rings.